The lowest BCUT2D eigenvalue weighted by Crippen LogP contribution is -2.46. The minimum atomic E-state index is -2.92. The first-order valence-electron chi connectivity index (χ1n) is 9.49. The fourth-order valence-electron chi connectivity index (χ4n) is 3.01. The molecule has 148 valence electrons. The lowest BCUT2D eigenvalue weighted by molar-refractivity contribution is 0.363. The number of sulfone groups is 1. The van der Waals surface area contributed by atoms with E-state index in [1.165, 1.54) is 37.7 Å². The average molecular weight is 392 g/mol. The van der Waals surface area contributed by atoms with Crippen LogP contribution in [-0.4, -0.2) is 56.5 Å². The van der Waals surface area contributed by atoms with Crippen LogP contribution in [0, 0.1) is 5.41 Å². The largest absolute Gasteiger partial charge is 0.357 e. The fourth-order valence-corrected chi connectivity index (χ4v) is 5.11. The van der Waals surface area contributed by atoms with Crippen LogP contribution in [0.4, 0.5) is 0 Å². The second kappa shape index (κ2) is 10.7. The van der Waals surface area contributed by atoms with Gasteiger partial charge in [-0.25, -0.2) is 8.42 Å². The SMILES string of the molecule is CCNC(=NCC(C)(C)CCS(C)(=O)=O)NC1CCCC(SCC)C1. The van der Waals surface area contributed by atoms with Crippen LogP contribution in [0.1, 0.15) is 59.8 Å². The molecule has 0 aromatic carbocycles. The second-order valence-corrected chi connectivity index (χ2v) is 11.7. The number of rotatable bonds is 9. The summed E-state index contributed by atoms with van der Waals surface area (Å²) in [6, 6.07) is 0.481. The Morgan fingerprint density at radius 3 is 2.60 bits per heavy atom. The molecule has 0 amide bonds. The highest BCUT2D eigenvalue weighted by Crippen LogP contribution is 2.28. The van der Waals surface area contributed by atoms with Crippen LogP contribution in [0.2, 0.25) is 0 Å². The monoisotopic (exact) mass is 391 g/mol. The summed E-state index contributed by atoms with van der Waals surface area (Å²) in [5, 5.41) is 7.69. The standard InChI is InChI=1S/C18H37N3O2S2/c1-6-19-17(20-14-18(3,4)11-12-25(5,22)23)21-15-9-8-10-16(13-15)24-7-2/h15-16H,6-14H2,1-5H3,(H2,19,20,21). The summed E-state index contributed by atoms with van der Waals surface area (Å²) in [5.41, 5.74) is -0.126. The molecule has 1 aliphatic rings. The summed E-state index contributed by atoms with van der Waals surface area (Å²) in [4.78, 5) is 4.74. The average Bonchev–Trinajstić information content (AvgIpc) is 2.51. The molecule has 0 aliphatic heterocycles. The number of nitrogens with one attached hydrogen (secondary N) is 2. The van der Waals surface area contributed by atoms with Gasteiger partial charge in [-0.2, -0.15) is 11.8 Å². The van der Waals surface area contributed by atoms with Gasteiger partial charge in [0.15, 0.2) is 5.96 Å². The maximum Gasteiger partial charge on any atom is 0.191 e. The first-order valence-corrected chi connectivity index (χ1v) is 12.6. The van der Waals surface area contributed by atoms with Crippen molar-refractivity contribution < 1.29 is 8.42 Å². The minimum Gasteiger partial charge on any atom is -0.357 e. The van der Waals surface area contributed by atoms with Crippen molar-refractivity contribution in [1.82, 2.24) is 10.6 Å². The quantitative estimate of drug-likeness (QED) is 0.467. The zero-order valence-corrected chi connectivity index (χ0v) is 18.2. The van der Waals surface area contributed by atoms with E-state index in [4.69, 9.17) is 4.99 Å². The molecule has 25 heavy (non-hydrogen) atoms. The first-order chi connectivity index (χ1) is 11.6. The van der Waals surface area contributed by atoms with E-state index < -0.39 is 9.84 Å². The smallest absolute Gasteiger partial charge is 0.191 e. The van der Waals surface area contributed by atoms with Crippen molar-refractivity contribution in [3.8, 4) is 0 Å². The van der Waals surface area contributed by atoms with Crippen LogP contribution in [0.15, 0.2) is 4.99 Å². The van der Waals surface area contributed by atoms with Crippen molar-refractivity contribution in [2.45, 2.75) is 71.1 Å². The van der Waals surface area contributed by atoms with E-state index in [0.29, 0.717) is 19.0 Å². The summed E-state index contributed by atoms with van der Waals surface area (Å²) < 4.78 is 22.8. The zero-order valence-electron chi connectivity index (χ0n) is 16.6. The van der Waals surface area contributed by atoms with E-state index in [1.54, 1.807) is 0 Å². The molecular weight excluding hydrogens is 354 g/mol. The molecule has 0 radical (unpaired) electrons. The predicted molar refractivity (Wildman–Crippen MR) is 111 cm³/mol. The minimum absolute atomic E-state index is 0.126. The fraction of sp³-hybridized carbons (Fsp3) is 0.944. The van der Waals surface area contributed by atoms with E-state index in [-0.39, 0.29) is 11.2 Å². The third kappa shape index (κ3) is 10.3. The molecule has 0 bridgehead atoms. The molecule has 7 heteroatoms. The van der Waals surface area contributed by atoms with Crippen LogP contribution in [0.5, 0.6) is 0 Å². The highest BCUT2D eigenvalue weighted by molar-refractivity contribution is 7.99. The Morgan fingerprint density at radius 1 is 1.28 bits per heavy atom. The Hall–Kier alpha value is -0.430. The third-order valence-corrected chi connectivity index (χ3v) is 6.71. The van der Waals surface area contributed by atoms with Crippen LogP contribution >= 0.6 is 11.8 Å². The number of nitrogens with zero attached hydrogens (tertiary/aromatic N) is 1. The zero-order chi connectivity index (χ0) is 18.9. The van der Waals surface area contributed by atoms with Crippen LogP contribution in [0.25, 0.3) is 0 Å². The maximum absolute atomic E-state index is 11.4. The Kier molecular flexibility index (Phi) is 9.64. The van der Waals surface area contributed by atoms with Crippen LogP contribution < -0.4 is 10.6 Å². The van der Waals surface area contributed by atoms with Crippen molar-refractivity contribution >= 4 is 27.6 Å². The van der Waals surface area contributed by atoms with E-state index in [1.807, 2.05) is 0 Å². The number of hydrogen-bond acceptors (Lipinski definition) is 4. The van der Waals surface area contributed by atoms with Gasteiger partial charge in [0.2, 0.25) is 0 Å². The maximum atomic E-state index is 11.4. The van der Waals surface area contributed by atoms with E-state index in [2.05, 4.69) is 50.1 Å². The molecule has 1 rings (SSSR count). The number of thioether (sulfide) groups is 1. The molecule has 2 atom stereocenters. The second-order valence-electron chi connectivity index (χ2n) is 7.82. The van der Waals surface area contributed by atoms with Gasteiger partial charge < -0.3 is 10.6 Å². The van der Waals surface area contributed by atoms with Crippen molar-refractivity contribution in [1.29, 1.82) is 0 Å². The van der Waals surface area contributed by atoms with Gasteiger partial charge in [0.25, 0.3) is 0 Å². The van der Waals surface area contributed by atoms with Crippen LogP contribution in [-0.2, 0) is 9.84 Å². The Balaban J connectivity index is 2.60. The molecule has 1 aliphatic carbocycles. The Bertz CT molecular complexity index is 516. The lowest BCUT2D eigenvalue weighted by atomic mass is 9.90. The molecule has 1 fully saturated rings. The molecule has 0 saturated heterocycles. The summed E-state index contributed by atoms with van der Waals surface area (Å²) in [6.07, 6.45) is 6.92. The third-order valence-electron chi connectivity index (χ3n) is 4.53. The molecule has 0 aromatic heterocycles. The highest BCUT2D eigenvalue weighted by atomic mass is 32.2. The normalized spacial score (nSPS) is 22.7. The molecule has 1 saturated carbocycles. The molecular formula is C18H37N3O2S2. The van der Waals surface area contributed by atoms with E-state index in [9.17, 15) is 8.42 Å². The van der Waals surface area contributed by atoms with Gasteiger partial charge in [0, 0.05) is 30.6 Å². The van der Waals surface area contributed by atoms with E-state index in [0.717, 1.165) is 17.8 Å². The van der Waals surface area contributed by atoms with Gasteiger partial charge in [-0.05, 0) is 43.8 Å². The Morgan fingerprint density at radius 2 is 2.00 bits per heavy atom. The van der Waals surface area contributed by atoms with Gasteiger partial charge in [0.1, 0.15) is 9.84 Å². The number of guanidine groups is 1. The van der Waals surface area contributed by atoms with Gasteiger partial charge in [-0.15, -0.1) is 0 Å². The first kappa shape index (κ1) is 22.6. The van der Waals surface area contributed by atoms with Crippen molar-refractivity contribution in [3.63, 3.8) is 0 Å². The summed E-state index contributed by atoms with van der Waals surface area (Å²) in [6.45, 7) is 9.92. The number of hydrogen-bond donors (Lipinski definition) is 2. The van der Waals surface area contributed by atoms with Gasteiger partial charge in [-0.3, -0.25) is 4.99 Å². The van der Waals surface area contributed by atoms with Gasteiger partial charge in [0.05, 0.1) is 5.75 Å². The molecule has 0 heterocycles. The molecule has 2 N–H and O–H groups in total. The lowest BCUT2D eigenvalue weighted by Gasteiger charge is -2.31. The van der Waals surface area contributed by atoms with Crippen molar-refractivity contribution in [2.24, 2.45) is 10.4 Å². The highest BCUT2D eigenvalue weighted by Gasteiger charge is 2.23. The van der Waals surface area contributed by atoms with Crippen molar-refractivity contribution in [2.75, 3.05) is 30.9 Å². The predicted octanol–water partition coefficient (Wildman–Crippen LogP) is 3.07. The van der Waals surface area contributed by atoms with Gasteiger partial charge >= 0.3 is 0 Å². The molecule has 2 unspecified atom stereocenters. The number of aliphatic imine (C=N–C) groups is 1. The Labute approximate surface area is 159 Å². The summed E-state index contributed by atoms with van der Waals surface area (Å²) >= 11 is 2.07. The van der Waals surface area contributed by atoms with E-state index >= 15 is 0 Å². The molecule has 5 nitrogen and oxygen atoms in total. The summed E-state index contributed by atoms with van der Waals surface area (Å²) in [7, 11) is -2.92. The van der Waals surface area contributed by atoms with Crippen molar-refractivity contribution in [3.05, 3.63) is 0 Å². The van der Waals surface area contributed by atoms with Gasteiger partial charge in [-0.1, -0.05) is 27.2 Å². The van der Waals surface area contributed by atoms with Crippen LogP contribution in [0.3, 0.4) is 0 Å². The molecule has 0 aromatic rings. The summed E-state index contributed by atoms with van der Waals surface area (Å²) in [5.74, 6) is 2.26. The molecule has 0 spiro atoms. The topological polar surface area (TPSA) is 70.6 Å².